The summed E-state index contributed by atoms with van der Waals surface area (Å²) in [4.78, 5) is 73.4. The molecule has 5 atom stereocenters. The lowest BCUT2D eigenvalue weighted by Crippen LogP contribution is -2.30. The van der Waals surface area contributed by atoms with Crippen LogP contribution in [0, 0.1) is 5.92 Å². The van der Waals surface area contributed by atoms with Gasteiger partial charge in [-0.15, -0.1) is 0 Å². The van der Waals surface area contributed by atoms with Crippen LogP contribution in [0.15, 0.2) is 0 Å². The molecule has 109 heavy (non-hydrogen) atoms. The molecule has 3 N–H and O–H groups in total. The van der Waals surface area contributed by atoms with Gasteiger partial charge >= 0.3 is 39.5 Å². The molecular formula is C90H176O17P2. The van der Waals surface area contributed by atoms with Crippen LogP contribution in [0.4, 0.5) is 0 Å². The van der Waals surface area contributed by atoms with Gasteiger partial charge in [-0.05, 0) is 31.6 Å². The fourth-order valence-electron chi connectivity index (χ4n) is 14.2. The number of hydrogen-bond acceptors (Lipinski definition) is 15. The van der Waals surface area contributed by atoms with Gasteiger partial charge < -0.3 is 33.8 Å². The summed E-state index contributed by atoms with van der Waals surface area (Å²) >= 11 is 0. The third-order valence-electron chi connectivity index (χ3n) is 21.3. The molecule has 0 amide bonds. The molecular weight excluding hydrogens is 1410 g/mol. The van der Waals surface area contributed by atoms with Gasteiger partial charge in [-0.2, -0.15) is 0 Å². The summed E-state index contributed by atoms with van der Waals surface area (Å²) in [6, 6.07) is 0. The van der Waals surface area contributed by atoms with E-state index in [1.165, 1.54) is 315 Å². The van der Waals surface area contributed by atoms with E-state index in [-0.39, 0.29) is 25.7 Å². The number of esters is 4. The standard InChI is InChI=1S/C90H176O17P2/c1-6-9-12-15-18-21-24-27-30-33-36-38-41-43-46-49-52-58-63-68-73-87(92)100-79-85(106-89(94)75-71-66-61-54-51-48-45-42-39-37-34-31-28-25-22-19-16-13-10-7-2)81-104-108(96,97)102-77-84(91)78-103-109(98,99)105-82-86(80-101-88(93)74-69-64-59-56-55-57-62-67-72-83(4)5)107-90(95)76-70-65-60-53-50-47-44-40-35-32-29-26-23-20-17-14-11-8-3/h83-86,91H,6-82H2,1-5H3,(H,96,97)(H,98,99)/t84-,85-,86-/m1/s1. The topological polar surface area (TPSA) is 237 Å². The van der Waals surface area contributed by atoms with E-state index in [0.717, 1.165) is 95.8 Å². The van der Waals surface area contributed by atoms with E-state index in [0.29, 0.717) is 25.7 Å². The second-order valence-corrected chi connectivity index (χ2v) is 35.7. The number of aliphatic hydroxyl groups is 1. The van der Waals surface area contributed by atoms with Gasteiger partial charge in [-0.3, -0.25) is 37.3 Å². The van der Waals surface area contributed by atoms with Gasteiger partial charge in [-0.1, -0.05) is 439 Å². The summed E-state index contributed by atoms with van der Waals surface area (Å²) in [6.45, 7) is 7.36. The zero-order valence-corrected chi connectivity index (χ0v) is 73.5. The average molecular weight is 1590 g/mol. The Morgan fingerprint density at radius 3 is 0.624 bits per heavy atom. The SMILES string of the molecule is CCCCCCCCCCCCCCCCCCCCCCC(=O)OC[C@H](COP(=O)(O)OC[C@@H](O)COP(=O)(O)OC[C@@H](COC(=O)CCCCCCCCCCC(C)C)OC(=O)CCCCCCCCCCCCCCCCCCCC)OC(=O)CCCCCCCCCCCCCCCCCCCCCC. The quantitative estimate of drug-likeness (QED) is 0.0222. The molecule has 0 aromatic rings. The molecule has 648 valence electrons. The van der Waals surface area contributed by atoms with Gasteiger partial charge in [0.25, 0.3) is 0 Å². The van der Waals surface area contributed by atoms with Crippen LogP contribution >= 0.6 is 15.6 Å². The van der Waals surface area contributed by atoms with Crippen molar-refractivity contribution in [3.63, 3.8) is 0 Å². The summed E-state index contributed by atoms with van der Waals surface area (Å²) in [5.74, 6) is -1.37. The average Bonchev–Trinajstić information content (AvgIpc) is 0.899. The van der Waals surface area contributed by atoms with E-state index in [4.69, 9.17) is 37.0 Å². The van der Waals surface area contributed by atoms with Crippen molar-refractivity contribution in [2.24, 2.45) is 5.92 Å². The van der Waals surface area contributed by atoms with Crippen molar-refractivity contribution in [3.8, 4) is 0 Å². The minimum atomic E-state index is -4.97. The number of phosphoric acid groups is 2. The lowest BCUT2D eigenvalue weighted by molar-refractivity contribution is -0.161. The van der Waals surface area contributed by atoms with Crippen LogP contribution in [0.5, 0.6) is 0 Å². The van der Waals surface area contributed by atoms with Gasteiger partial charge in [0.05, 0.1) is 26.4 Å². The van der Waals surface area contributed by atoms with Gasteiger partial charge in [0, 0.05) is 25.7 Å². The highest BCUT2D eigenvalue weighted by Gasteiger charge is 2.31. The molecule has 17 nitrogen and oxygen atoms in total. The van der Waals surface area contributed by atoms with Crippen molar-refractivity contribution in [1.82, 2.24) is 0 Å². The summed E-state index contributed by atoms with van der Waals surface area (Å²) < 4.78 is 69.0. The first-order valence-corrected chi connectivity index (χ1v) is 49.6. The van der Waals surface area contributed by atoms with Crippen molar-refractivity contribution in [1.29, 1.82) is 0 Å². The third-order valence-corrected chi connectivity index (χ3v) is 23.2. The van der Waals surface area contributed by atoms with Crippen LogP contribution in [-0.2, 0) is 65.4 Å². The number of carbonyl (C=O) groups is 4. The predicted octanol–water partition coefficient (Wildman–Crippen LogP) is 27.9. The summed E-state index contributed by atoms with van der Waals surface area (Å²) in [5, 5.41) is 10.7. The van der Waals surface area contributed by atoms with E-state index in [1.54, 1.807) is 0 Å². The Balaban J connectivity index is 5.23. The number of unbranched alkanes of at least 4 members (excludes halogenated alkanes) is 62. The normalized spacial score (nSPS) is 13.7. The highest BCUT2D eigenvalue weighted by atomic mass is 31.2. The highest BCUT2D eigenvalue weighted by Crippen LogP contribution is 2.45. The number of rotatable bonds is 90. The smallest absolute Gasteiger partial charge is 0.462 e. The molecule has 0 spiro atoms. The molecule has 0 aromatic carbocycles. The van der Waals surface area contributed by atoms with Crippen molar-refractivity contribution in [2.75, 3.05) is 39.6 Å². The molecule has 0 saturated carbocycles. The van der Waals surface area contributed by atoms with Crippen LogP contribution in [0.3, 0.4) is 0 Å². The van der Waals surface area contributed by atoms with Crippen molar-refractivity contribution < 1.29 is 80.2 Å². The van der Waals surface area contributed by atoms with E-state index in [2.05, 4.69) is 34.6 Å². The molecule has 0 rings (SSSR count). The maximum absolute atomic E-state index is 13.2. The Hall–Kier alpha value is -1.94. The number of ether oxygens (including phenoxy) is 4. The highest BCUT2D eigenvalue weighted by molar-refractivity contribution is 7.47. The Labute approximate surface area is 670 Å². The summed E-state index contributed by atoms with van der Waals surface area (Å²) in [6.07, 6.45) is 78.0. The Kier molecular flexibility index (Phi) is 81.1. The molecule has 19 heteroatoms. The molecule has 0 aliphatic rings. The summed E-state index contributed by atoms with van der Waals surface area (Å²) in [5.41, 5.74) is 0. The lowest BCUT2D eigenvalue weighted by atomic mass is 10.0. The second-order valence-electron chi connectivity index (χ2n) is 32.8. The Morgan fingerprint density at radius 1 is 0.248 bits per heavy atom. The third kappa shape index (κ3) is 83.8. The second kappa shape index (κ2) is 82.6. The number of carbonyl (C=O) groups excluding carboxylic acids is 4. The molecule has 0 aromatic heterocycles. The van der Waals surface area contributed by atoms with Crippen molar-refractivity contribution in [2.45, 2.75) is 509 Å². The maximum atomic E-state index is 13.2. The van der Waals surface area contributed by atoms with E-state index >= 15 is 0 Å². The molecule has 0 saturated heterocycles. The first-order chi connectivity index (χ1) is 53.0. The number of hydrogen-bond donors (Lipinski definition) is 3. The number of aliphatic hydroxyl groups excluding tert-OH is 1. The van der Waals surface area contributed by atoms with Crippen molar-refractivity contribution in [3.05, 3.63) is 0 Å². The minimum absolute atomic E-state index is 0.109. The largest absolute Gasteiger partial charge is 0.472 e. The van der Waals surface area contributed by atoms with Crippen molar-refractivity contribution >= 4 is 39.5 Å². The molecule has 0 aliphatic heterocycles. The molecule has 0 bridgehead atoms. The summed E-state index contributed by atoms with van der Waals surface area (Å²) in [7, 11) is -9.93. The van der Waals surface area contributed by atoms with Gasteiger partial charge in [0.2, 0.25) is 0 Å². The minimum Gasteiger partial charge on any atom is -0.462 e. The van der Waals surface area contributed by atoms with Gasteiger partial charge in [0.1, 0.15) is 19.3 Å². The first-order valence-electron chi connectivity index (χ1n) is 46.6. The lowest BCUT2D eigenvalue weighted by Gasteiger charge is -2.21. The Morgan fingerprint density at radius 2 is 0.422 bits per heavy atom. The van der Waals surface area contributed by atoms with E-state index in [9.17, 15) is 43.2 Å². The van der Waals surface area contributed by atoms with Gasteiger partial charge in [-0.25, -0.2) is 9.13 Å². The van der Waals surface area contributed by atoms with E-state index < -0.39 is 97.5 Å². The molecule has 0 heterocycles. The van der Waals surface area contributed by atoms with Crippen LogP contribution in [0.2, 0.25) is 0 Å². The fraction of sp³-hybridized carbons (Fsp3) is 0.956. The zero-order chi connectivity index (χ0) is 79.7. The van der Waals surface area contributed by atoms with Crippen LogP contribution in [0.25, 0.3) is 0 Å². The van der Waals surface area contributed by atoms with E-state index in [1.807, 2.05) is 0 Å². The molecule has 0 aliphatic carbocycles. The van der Waals surface area contributed by atoms with Crippen LogP contribution < -0.4 is 0 Å². The molecule has 0 fully saturated rings. The monoisotopic (exact) mass is 1590 g/mol. The first kappa shape index (κ1) is 107. The van der Waals surface area contributed by atoms with Crippen LogP contribution in [0.1, 0.15) is 490 Å². The fourth-order valence-corrected chi connectivity index (χ4v) is 15.8. The zero-order valence-electron chi connectivity index (χ0n) is 71.7. The predicted molar refractivity (Wildman–Crippen MR) is 451 cm³/mol. The number of phosphoric ester groups is 2. The van der Waals surface area contributed by atoms with Crippen LogP contribution in [-0.4, -0.2) is 96.7 Å². The Bertz CT molecular complexity index is 2070. The van der Waals surface area contributed by atoms with Gasteiger partial charge in [0.15, 0.2) is 12.2 Å². The molecule has 2 unspecified atom stereocenters. The molecule has 0 radical (unpaired) electrons. The maximum Gasteiger partial charge on any atom is 0.472 e.